The summed E-state index contributed by atoms with van der Waals surface area (Å²) in [6.45, 7) is 3.67. The largest absolute Gasteiger partial charge is 0.478 e. The Hall–Kier alpha value is -2.17. The average Bonchev–Trinajstić information content (AvgIpc) is 2.94. The fraction of sp³-hybridized carbons (Fsp3) is 0.438. The number of rotatable bonds is 5. The third kappa shape index (κ3) is 3.90. The minimum atomic E-state index is -1.04. The standard InChI is InChI=1S/C16H20N2O3/c1-2-4-12-8-10-18(11-12)16(21)15-13(5-3-9-17-15)6-7-14(19)20/h3,5-7,9,12H,2,4,8,10-11H2,1H3,(H,19,20)/b7-6+. The summed E-state index contributed by atoms with van der Waals surface area (Å²) in [7, 11) is 0. The number of aromatic nitrogens is 1. The molecule has 1 atom stereocenters. The van der Waals surface area contributed by atoms with Crippen molar-refractivity contribution in [3.63, 3.8) is 0 Å². The Labute approximate surface area is 124 Å². The zero-order chi connectivity index (χ0) is 15.2. The number of carboxylic acids is 1. The van der Waals surface area contributed by atoms with Gasteiger partial charge in [-0.3, -0.25) is 9.78 Å². The first-order valence-corrected chi connectivity index (χ1v) is 7.27. The number of likely N-dealkylation sites (tertiary alicyclic amines) is 1. The molecule has 5 nitrogen and oxygen atoms in total. The molecule has 112 valence electrons. The maximum absolute atomic E-state index is 12.5. The number of carbonyl (C=O) groups is 2. The molecule has 0 saturated carbocycles. The number of hydrogen-bond donors (Lipinski definition) is 1. The predicted molar refractivity (Wildman–Crippen MR) is 79.8 cm³/mol. The van der Waals surface area contributed by atoms with Gasteiger partial charge in [-0.1, -0.05) is 19.4 Å². The van der Waals surface area contributed by atoms with Gasteiger partial charge in [-0.05, 0) is 30.9 Å². The van der Waals surface area contributed by atoms with Crippen LogP contribution >= 0.6 is 0 Å². The molecule has 1 saturated heterocycles. The van der Waals surface area contributed by atoms with E-state index >= 15 is 0 Å². The lowest BCUT2D eigenvalue weighted by atomic mass is 10.0. The van der Waals surface area contributed by atoms with Crippen LogP contribution in [-0.2, 0) is 4.79 Å². The van der Waals surface area contributed by atoms with Gasteiger partial charge in [0.25, 0.3) is 5.91 Å². The van der Waals surface area contributed by atoms with E-state index in [9.17, 15) is 9.59 Å². The Morgan fingerprint density at radius 1 is 1.52 bits per heavy atom. The van der Waals surface area contributed by atoms with Crippen molar-refractivity contribution in [2.75, 3.05) is 13.1 Å². The van der Waals surface area contributed by atoms with Gasteiger partial charge in [0, 0.05) is 30.9 Å². The molecule has 0 spiro atoms. The highest BCUT2D eigenvalue weighted by Gasteiger charge is 2.27. The Bertz CT molecular complexity index is 554. The van der Waals surface area contributed by atoms with Crippen LogP contribution in [-0.4, -0.2) is 40.0 Å². The molecule has 21 heavy (non-hydrogen) atoms. The van der Waals surface area contributed by atoms with Crippen LogP contribution in [0.3, 0.4) is 0 Å². The minimum Gasteiger partial charge on any atom is -0.478 e. The molecule has 5 heteroatoms. The fourth-order valence-corrected chi connectivity index (χ4v) is 2.70. The minimum absolute atomic E-state index is 0.112. The molecule has 1 fully saturated rings. The smallest absolute Gasteiger partial charge is 0.328 e. The van der Waals surface area contributed by atoms with E-state index in [-0.39, 0.29) is 5.91 Å². The first-order valence-electron chi connectivity index (χ1n) is 7.27. The van der Waals surface area contributed by atoms with Crippen LogP contribution in [0.4, 0.5) is 0 Å². The topological polar surface area (TPSA) is 70.5 Å². The number of amides is 1. The number of carbonyl (C=O) groups excluding carboxylic acids is 1. The number of pyridine rings is 1. The molecule has 1 unspecified atom stereocenters. The summed E-state index contributed by atoms with van der Waals surface area (Å²) in [6.07, 6.45) is 7.30. The molecule has 2 heterocycles. The molecule has 0 aromatic carbocycles. The number of nitrogens with zero attached hydrogens (tertiary/aromatic N) is 2. The van der Waals surface area contributed by atoms with E-state index in [0.717, 1.165) is 38.4 Å². The highest BCUT2D eigenvalue weighted by molar-refractivity contribution is 5.97. The van der Waals surface area contributed by atoms with Gasteiger partial charge in [0.15, 0.2) is 0 Å². The van der Waals surface area contributed by atoms with Crippen molar-refractivity contribution in [2.45, 2.75) is 26.2 Å². The first kappa shape index (κ1) is 15.2. The van der Waals surface area contributed by atoms with Crippen LogP contribution in [0.1, 0.15) is 42.2 Å². The van der Waals surface area contributed by atoms with Crippen LogP contribution < -0.4 is 0 Å². The maximum atomic E-state index is 12.5. The Balaban J connectivity index is 2.14. The van der Waals surface area contributed by atoms with E-state index < -0.39 is 5.97 Å². The van der Waals surface area contributed by atoms with Gasteiger partial charge in [0.05, 0.1) is 0 Å². The van der Waals surface area contributed by atoms with Crippen LogP contribution in [0, 0.1) is 5.92 Å². The summed E-state index contributed by atoms with van der Waals surface area (Å²) < 4.78 is 0. The molecule has 2 rings (SSSR count). The van der Waals surface area contributed by atoms with Crippen LogP contribution in [0.15, 0.2) is 24.4 Å². The third-order valence-corrected chi connectivity index (χ3v) is 3.72. The van der Waals surface area contributed by atoms with Gasteiger partial charge in [0.2, 0.25) is 0 Å². The van der Waals surface area contributed by atoms with Crippen molar-refractivity contribution < 1.29 is 14.7 Å². The highest BCUT2D eigenvalue weighted by Crippen LogP contribution is 2.23. The van der Waals surface area contributed by atoms with E-state index in [1.165, 1.54) is 6.08 Å². The molecule has 1 aliphatic rings. The van der Waals surface area contributed by atoms with E-state index in [1.54, 1.807) is 18.3 Å². The second-order valence-electron chi connectivity index (χ2n) is 5.31. The average molecular weight is 288 g/mol. The molecule has 1 N–H and O–H groups in total. The van der Waals surface area contributed by atoms with E-state index in [1.807, 2.05) is 4.90 Å². The van der Waals surface area contributed by atoms with Crippen molar-refractivity contribution in [1.82, 2.24) is 9.88 Å². The SMILES string of the molecule is CCCC1CCN(C(=O)c2ncccc2/C=C/C(=O)O)C1. The van der Waals surface area contributed by atoms with E-state index in [2.05, 4.69) is 11.9 Å². The first-order chi connectivity index (χ1) is 10.1. The zero-order valence-corrected chi connectivity index (χ0v) is 12.2. The van der Waals surface area contributed by atoms with Gasteiger partial charge < -0.3 is 10.0 Å². The van der Waals surface area contributed by atoms with Crippen molar-refractivity contribution in [3.8, 4) is 0 Å². The van der Waals surface area contributed by atoms with Crippen molar-refractivity contribution in [3.05, 3.63) is 35.7 Å². The molecule has 0 radical (unpaired) electrons. The molecule has 1 aliphatic heterocycles. The summed E-state index contributed by atoms with van der Waals surface area (Å²) in [5.74, 6) is -0.582. The van der Waals surface area contributed by atoms with Gasteiger partial charge in [-0.25, -0.2) is 4.79 Å². The molecule has 1 aromatic rings. The van der Waals surface area contributed by atoms with Crippen molar-refractivity contribution in [1.29, 1.82) is 0 Å². The number of carboxylic acid groups (broad SMARTS) is 1. The number of hydrogen-bond acceptors (Lipinski definition) is 3. The highest BCUT2D eigenvalue weighted by atomic mass is 16.4. The Kier molecular flexibility index (Phi) is 5.09. The zero-order valence-electron chi connectivity index (χ0n) is 12.2. The lowest BCUT2D eigenvalue weighted by Crippen LogP contribution is -2.30. The van der Waals surface area contributed by atoms with Gasteiger partial charge >= 0.3 is 5.97 Å². The van der Waals surface area contributed by atoms with Crippen molar-refractivity contribution in [2.24, 2.45) is 5.92 Å². The molecular formula is C16H20N2O3. The summed E-state index contributed by atoms with van der Waals surface area (Å²) >= 11 is 0. The van der Waals surface area contributed by atoms with Gasteiger partial charge in [-0.2, -0.15) is 0 Å². The Morgan fingerprint density at radius 3 is 3.05 bits per heavy atom. The van der Waals surface area contributed by atoms with E-state index in [0.29, 0.717) is 17.2 Å². The molecule has 0 bridgehead atoms. The van der Waals surface area contributed by atoms with Crippen LogP contribution in [0.2, 0.25) is 0 Å². The molecule has 1 amide bonds. The fourth-order valence-electron chi connectivity index (χ4n) is 2.70. The second-order valence-corrected chi connectivity index (χ2v) is 5.31. The summed E-state index contributed by atoms with van der Waals surface area (Å²) in [6, 6.07) is 3.40. The monoisotopic (exact) mass is 288 g/mol. The molecule has 1 aromatic heterocycles. The molecule has 0 aliphatic carbocycles. The van der Waals surface area contributed by atoms with E-state index in [4.69, 9.17) is 5.11 Å². The van der Waals surface area contributed by atoms with Crippen LogP contribution in [0.25, 0.3) is 6.08 Å². The Morgan fingerprint density at radius 2 is 2.33 bits per heavy atom. The van der Waals surface area contributed by atoms with Crippen molar-refractivity contribution >= 4 is 18.0 Å². The lowest BCUT2D eigenvalue weighted by molar-refractivity contribution is -0.131. The maximum Gasteiger partial charge on any atom is 0.328 e. The summed E-state index contributed by atoms with van der Waals surface area (Å²) in [4.78, 5) is 29.1. The summed E-state index contributed by atoms with van der Waals surface area (Å²) in [5.41, 5.74) is 0.871. The quantitative estimate of drug-likeness (QED) is 0.845. The van der Waals surface area contributed by atoms with Gasteiger partial charge in [-0.15, -0.1) is 0 Å². The predicted octanol–water partition coefficient (Wildman–Crippen LogP) is 2.44. The lowest BCUT2D eigenvalue weighted by Gasteiger charge is -2.17. The summed E-state index contributed by atoms with van der Waals surface area (Å²) in [5, 5.41) is 8.71. The second kappa shape index (κ2) is 7.02. The number of aliphatic carboxylic acids is 1. The molecular weight excluding hydrogens is 268 g/mol. The third-order valence-electron chi connectivity index (χ3n) is 3.72. The van der Waals surface area contributed by atoms with Gasteiger partial charge in [0.1, 0.15) is 5.69 Å². The normalized spacial score (nSPS) is 18.3. The van der Waals surface area contributed by atoms with Crippen LogP contribution in [0.5, 0.6) is 0 Å².